The van der Waals surface area contributed by atoms with E-state index in [1.54, 1.807) is 13.0 Å². The van der Waals surface area contributed by atoms with Crippen LogP contribution in [0.15, 0.2) is 27.4 Å². The Bertz CT molecular complexity index is 834. The molecule has 0 aliphatic carbocycles. The van der Waals surface area contributed by atoms with Crippen LogP contribution in [0.4, 0.5) is 8.78 Å². The number of alkyl halides is 2. The molecule has 1 unspecified atom stereocenters. The minimum absolute atomic E-state index is 0.0289. The van der Waals surface area contributed by atoms with E-state index in [2.05, 4.69) is 4.90 Å². The van der Waals surface area contributed by atoms with E-state index in [1.807, 2.05) is 19.1 Å². The summed E-state index contributed by atoms with van der Waals surface area (Å²) < 4.78 is 35.9. The summed E-state index contributed by atoms with van der Waals surface area (Å²) in [6, 6.07) is 5.60. The van der Waals surface area contributed by atoms with Crippen LogP contribution >= 0.6 is 0 Å². The van der Waals surface area contributed by atoms with Crippen molar-refractivity contribution in [1.82, 2.24) is 4.90 Å². The molecule has 1 aliphatic rings. The molecule has 0 spiro atoms. The van der Waals surface area contributed by atoms with E-state index in [0.29, 0.717) is 35.8 Å². The van der Waals surface area contributed by atoms with Crippen LogP contribution in [0.25, 0.3) is 11.0 Å². The first-order valence-electron chi connectivity index (χ1n) is 9.61. The van der Waals surface area contributed by atoms with Gasteiger partial charge in [0.15, 0.2) is 0 Å². The second kappa shape index (κ2) is 8.83. The highest BCUT2D eigenvalue weighted by molar-refractivity contribution is 5.82. The number of halogens is 2. The lowest BCUT2D eigenvalue weighted by Crippen LogP contribution is -2.38. The van der Waals surface area contributed by atoms with Gasteiger partial charge in [-0.05, 0) is 63.9 Å². The lowest BCUT2D eigenvalue weighted by atomic mass is 9.98. The van der Waals surface area contributed by atoms with E-state index in [4.69, 9.17) is 9.15 Å². The minimum Gasteiger partial charge on any atom is -0.493 e. The van der Waals surface area contributed by atoms with E-state index in [1.165, 1.54) is 0 Å². The van der Waals surface area contributed by atoms with Gasteiger partial charge in [-0.25, -0.2) is 13.6 Å². The zero-order valence-electron chi connectivity index (χ0n) is 16.0. The van der Waals surface area contributed by atoms with Crippen molar-refractivity contribution in [3.63, 3.8) is 0 Å². The molecule has 3 rings (SSSR count). The predicted molar refractivity (Wildman–Crippen MR) is 102 cm³/mol. The third kappa shape index (κ3) is 5.06. The molecule has 1 aromatic carbocycles. The summed E-state index contributed by atoms with van der Waals surface area (Å²) in [7, 11) is 0. The van der Waals surface area contributed by atoms with Gasteiger partial charge in [-0.15, -0.1) is 0 Å². The highest BCUT2D eigenvalue weighted by Crippen LogP contribution is 2.25. The lowest BCUT2D eigenvalue weighted by molar-refractivity contribution is 0.107. The largest absolute Gasteiger partial charge is 0.493 e. The molecule has 1 aromatic heterocycles. The third-order valence-electron chi connectivity index (χ3n) is 5.41. The number of likely N-dealkylation sites (tertiary alicyclic amines) is 1. The van der Waals surface area contributed by atoms with Gasteiger partial charge in [-0.3, -0.25) is 0 Å². The van der Waals surface area contributed by atoms with Crippen molar-refractivity contribution in [2.24, 2.45) is 5.92 Å². The number of nitrogens with zero attached hydrogens (tertiary/aromatic N) is 1. The van der Waals surface area contributed by atoms with Gasteiger partial charge in [0.2, 0.25) is 6.43 Å². The van der Waals surface area contributed by atoms with E-state index in [9.17, 15) is 13.6 Å². The fourth-order valence-corrected chi connectivity index (χ4v) is 3.69. The Morgan fingerprint density at radius 1 is 1.30 bits per heavy atom. The van der Waals surface area contributed by atoms with Crippen LogP contribution in [0.3, 0.4) is 0 Å². The van der Waals surface area contributed by atoms with Gasteiger partial charge in [0.25, 0.3) is 0 Å². The van der Waals surface area contributed by atoms with E-state index < -0.39 is 6.43 Å². The Morgan fingerprint density at radius 3 is 2.89 bits per heavy atom. The van der Waals surface area contributed by atoms with Gasteiger partial charge < -0.3 is 14.1 Å². The minimum atomic E-state index is -2.21. The Kier molecular flexibility index (Phi) is 6.47. The van der Waals surface area contributed by atoms with Crippen LogP contribution < -0.4 is 10.4 Å². The van der Waals surface area contributed by atoms with E-state index in [-0.39, 0.29) is 12.0 Å². The van der Waals surface area contributed by atoms with Gasteiger partial charge in [0.1, 0.15) is 11.3 Å². The summed E-state index contributed by atoms with van der Waals surface area (Å²) in [5.41, 5.74) is 1.78. The molecule has 0 N–H and O–H groups in total. The second-order valence-corrected chi connectivity index (χ2v) is 7.45. The maximum Gasteiger partial charge on any atom is 0.339 e. The van der Waals surface area contributed by atoms with Crippen molar-refractivity contribution in [3.8, 4) is 5.75 Å². The summed E-state index contributed by atoms with van der Waals surface area (Å²) in [4.78, 5) is 14.1. The van der Waals surface area contributed by atoms with Gasteiger partial charge in [-0.2, -0.15) is 0 Å². The molecular formula is C21H27F2NO3. The molecule has 4 nitrogen and oxygen atoms in total. The summed E-state index contributed by atoms with van der Waals surface area (Å²) in [5, 5.41) is 0.919. The molecule has 1 aliphatic heterocycles. The zero-order valence-corrected chi connectivity index (χ0v) is 16.0. The number of fused-ring (bicyclic) bond motifs is 1. The fraction of sp³-hybridized carbons (Fsp3) is 0.571. The van der Waals surface area contributed by atoms with Crippen molar-refractivity contribution in [1.29, 1.82) is 0 Å². The van der Waals surface area contributed by atoms with Gasteiger partial charge >= 0.3 is 5.63 Å². The quantitative estimate of drug-likeness (QED) is 0.662. The molecular weight excluding hydrogens is 352 g/mol. The van der Waals surface area contributed by atoms with E-state index >= 15 is 0 Å². The van der Waals surface area contributed by atoms with Crippen LogP contribution in [0, 0.1) is 19.8 Å². The normalized spacial score (nSPS) is 18.3. The molecule has 2 heterocycles. The molecule has 0 amide bonds. The van der Waals surface area contributed by atoms with Crippen molar-refractivity contribution < 1.29 is 17.9 Å². The van der Waals surface area contributed by atoms with Gasteiger partial charge in [0, 0.05) is 35.9 Å². The molecule has 1 saturated heterocycles. The average molecular weight is 379 g/mol. The zero-order chi connectivity index (χ0) is 19.4. The first kappa shape index (κ1) is 19.8. The molecule has 148 valence electrons. The number of hydrogen-bond acceptors (Lipinski definition) is 4. The van der Waals surface area contributed by atoms with Gasteiger partial charge in [0.05, 0.1) is 6.61 Å². The monoisotopic (exact) mass is 379 g/mol. The molecule has 1 atom stereocenters. The molecule has 6 heteroatoms. The van der Waals surface area contributed by atoms with Crippen LogP contribution in [-0.4, -0.2) is 37.6 Å². The Labute approximate surface area is 158 Å². The average Bonchev–Trinajstić information content (AvgIpc) is 2.64. The first-order valence-corrected chi connectivity index (χ1v) is 9.61. The van der Waals surface area contributed by atoms with Crippen LogP contribution in [0.2, 0.25) is 0 Å². The molecule has 1 fully saturated rings. The lowest BCUT2D eigenvalue weighted by Gasteiger charge is -2.32. The summed E-state index contributed by atoms with van der Waals surface area (Å²) >= 11 is 0. The topological polar surface area (TPSA) is 42.7 Å². The summed E-state index contributed by atoms with van der Waals surface area (Å²) in [5.74, 6) is 1.07. The third-order valence-corrected chi connectivity index (χ3v) is 5.41. The maximum atomic E-state index is 12.3. The smallest absolute Gasteiger partial charge is 0.339 e. The van der Waals surface area contributed by atoms with E-state index in [0.717, 1.165) is 43.4 Å². The number of rotatable bonds is 7. The highest BCUT2D eigenvalue weighted by atomic mass is 19.3. The molecule has 27 heavy (non-hydrogen) atoms. The van der Waals surface area contributed by atoms with Crippen LogP contribution in [-0.2, 0) is 0 Å². The molecule has 0 bridgehead atoms. The van der Waals surface area contributed by atoms with Crippen molar-refractivity contribution >= 4 is 11.0 Å². The van der Waals surface area contributed by atoms with Crippen LogP contribution in [0.1, 0.15) is 36.8 Å². The summed E-state index contributed by atoms with van der Waals surface area (Å²) in [6.45, 7) is 6.83. The first-order chi connectivity index (χ1) is 12.9. The number of ether oxygens (including phenoxy) is 1. The van der Waals surface area contributed by atoms with Crippen molar-refractivity contribution in [2.75, 3.05) is 26.2 Å². The number of aryl methyl sites for hydroxylation is 1. The number of hydrogen-bond donors (Lipinski definition) is 0. The Balaban J connectivity index is 1.58. The predicted octanol–water partition coefficient (Wildman–Crippen LogP) is 4.55. The molecule has 0 radical (unpaired) electrons. The highest BCUT2D eigenvalue weighted by Gasteiger charge is 2.20. The number of piperidine rings is 1. The van der Waals surface area contributed by atoms with Crippen molar-refractivity contribution in [3.05, 3.63) is 39.7 Å². The Morgan fingerprint density at radius 2 is 2.11 bits per heavy atom. The van der Waals surface area contributed by atoms with Crippen molar-refractivity contribution in [2.45, 2.75) is 46.0 Å². The summed E-state index contributed by atoms with van der Waals surface area (Å²) in [6.07, 6.45) is 0.432. The van der Waals surface area contributed by atoms with Crippen LogP contribution in [0.5, 0.6) is 5.75 Å². The second-order valence-electron chi connectivity index (χ2n) is 7.45. The number of benzene rings is 1. The van der Waals surface area contributed by atoms with Gasteiger partial charge in [-0.1, -0.05) is 0 Å². The molecule has 2 aromatic rings. The SMILES string of the molecule is Cc1c(C)c2ccc(OCC3CCCN(CCCC(F)F)C3)cc2oc1=O. The standard InChI is InChI=1S/C21H27F2NO3/c1-14-15(2)21(25)27-19-11-17(7-8-18(14)19)26-13-16-5-3-9-24(12-16)10-4-6-20(22)23/h7-8,11,16,20H,3-6,9-10,12-13H2,1-2H3. The molecule has 0 saturated carbocycles. The fourth-order valence-electron chi connectivity index (χ4n) is 3.69. The maximum absolute atomic E-state index is 12.3. The Hall–Kier alpha value is -1.95.